The normalized spacial score (nSPS) is 24.0. The fourth-order valence-corrected chi connectivity index (χ4v) is 1.93. The predicted molar refractivity (Wildman–Crippen MR) is 70.5 cm³/mol. The Labute approximate surface area is 109 Å². The van der Waals surface area contributed by atoms with Crippen LogP contribution >= 0.6 is 0 Å². The summed E-state index contributed by atoms with van der Waals surface area (Å²) in [7, 11) is 0. The average Bonchev–Trinajstić information content (AvgIpc) is 2.71. The topological polar surface area (TPSA) is 70.6 Å². The van der Waals surface area contributed by atoms with E-state index in [1.807, 2.05) is 20.8 Å². The molecule has 3 N–H and O–H groups in total. The minimum Gasteiger partial charge on any atom is -0.396 e. The van der Waals surface area contributed by atoms with Gasteiger partial charge in [-0.25, -0.2) is 4.79 Å². The Hall–Kier alpha value is -0.810. The Bertz CT molecular complexity index is 273. The Morgan fingerprint density at radius 1 is 1.50 bits per heavy atom. The van der Waals surface area contributed by atoms with Gasteiger partial charge in [0.25, 0.3) is 0 Å². The minimum atomic E-state index is -0.228. The van der Waals surface area contributed by atoms with Crippen molar-refractivity contribution in [2.75, 3.05) is 26.4 Å². The summed E-state index contributed by atoms with van der Waals surface area (Å²) >= 11 is 0. The zero-order chi connectivity index (χ0) is 13.6. The van der Waals surface area contributed by atoms with Gasteiger partial charge in [0.15, 0.2) is 0 Å². The standard InChI is InChI=1S/C13H26N2O3/c1-12(2,9-16)5-4-7-14-11(17)15-13(3)6-8-18-10-13/h16H,4-10H2,1-3H3,(H2,14,15,17). The molecule has 0 aromatic carbocycles. The van der Waals surface area contributed by atoms with Crippen LogP contribution in [0.15, 0.2) is 0 Å². The lowest BCUT2D eigenvalue weighted by Gasteiger charge is -2.24. The molecule has 2 amide bonds. The molecule has 0 spiro atoms. The second-order valence-corrected chi connectivity index (χ2v) is 6.17. The molecule has 0 bridgehead atoms. The molecule has 106 valence electrons. The lowest BCUT2D eigenvalue weighted by atomic mass is 9.89. The van der Waals surface area contributed by atoms with Crippen molar-refractivity contribution in [3.63, 3.8) is 0 Å². The molecule has 1 rings (SSSR count). The van der Waals surface area contributed by atoms with E-state index in [2.05, 4.69) is 10.6 Å². The quantitative estimate of drug-likeness (QED) is 0.628. The zero-order valence-corrected chi connectivity index (χ0v) is 11.7. The van der Waals surface area contributed by atoms with Crippen LogP contribution in [0, 0.1) is 5.41 Å². The Kier molecular flexibility index (Phi) is 5.41. The smallest absolute Gasteiger partial charge is 0.315 e. The molecule has 0 aliphatic carbocycles. The monoisotopic (exact) mass is 258 g/mol. The van der Waals surface area contributed by atoms with Crippen molar-refractivity contribution in [2.45, 2.75) is 45.6 Å². The fraction of sp³-hybridized carbons (Fsp3) is 0.923. The highest BCUT2D eigenvalue weighted by Gasteiger charge is 2.31. The van der Waals surface area contributed by atoms with Gasteiger partial charge in [0.05, 0.1) is 12.1 Å². The molecule has 0 radical (unpaired) electrons. The van der Waals surface area contributed by atoms with Crippen LogP contribution in [0.3, 0.4) is 0 Å². The molecule has 1 atom stereocenters. The number of hydrogen-bond acceptors (Lipinski definition) is 3. The van der Waals surface area contributed by atoms with Crippen molar-refractivity contribution in [3.8, 4) is 0 Å². The van der Waals surface area contributed by atoms with Gasteiger partial charge in [0.2, 0.25) is 0 Å². The van der Waals surface area contributed by atoms with Gasteiger partial charge >= 0.3 is 6.03 Å². The molecule has 0 aromatic rings. The number of urea groups is 1. The predicted octanol–water partition coefficient (Wildman–Crippen LogP) is 1.26. The first-order valence-electron chi connectivity index (χ1n) is 6.62. The van der Waals surface area contributed by atoms with E-state index in [-0.39, 0.29) is 23.6 Å². The van der Waals surface area contributed by atoms with Crippen LogP contribution < -0.4 is 10.6 Å². The number of nitrogens with one attached hydrogen (secondary N) is 2. The van der Waals surface area contributed by atoms with E-state index in [9.17, 15) is 4.79 Å². The van der Waals surface area contributed by atoms with E-state index in [0.717, 1.165) is 19.3 Å². The van der Waals surface area contributed by atoms with Crippen LogP contribution in [0.1, 0.15) is 40.0 Å². The van der Waals surface area contributed by atoms with Crippen LogP contribution in [0.5, 0.6) is 0 Å². The van der Waals surface area contributed by atoms with Crippen LogP contribution in [0.2, 0.25) is 0 Å². The molecule has 1 saturated heterocycles. The van der Waals surface area contributed by atoms with Gasteiger partial charge in [0.1, 0.15) is 0 Å². The number of aliphatic hydroxyl groups is 1. The molecular weight excluding hydrogens is 232 g/mol. The largest absolute Gasteiger partial charge is 0.396 e. The molecule has 1 fully saturated rings. The van der Waals surface area contributed by atoms with Gasteiger partial charge in [-0.05, 0) is 31.6 Å². The SMILES string of the molecule is CC(C)(CO)CCCNC(=O)NC1(C)CCOC1. The Balaban J connectivity index is 2.14. The fourth-order valence-electron chi connectivity index (χ4n) is 1.93. The van der Waals surface area contributed by atoms with Gasteiger partial charge in [0, 0.05) is 19.8 Å². The Morgan fingerprint density at radius 3 is 2.78 bits per heavy atom. The van der Waals surface area contributed by atoms with Crippen LogP contribution in [-0.4, -0.2) is 43.0 Å². The van der Waals surface area contributed by atoms with E-state index in [0.29, 0.717) is 19.8 Å². The van der Waals surface area contributed by atoms with E-state index in [1.54, 1.807) is 0 Å². The summed E-state index contributed by atoms with van der Waals surface area (Å²) in [6.45, 7) is 8.13. The van der Waals surface area contributed by atoms with Crippen molar-refractivity contribution >= 4 is 6.03 Å². The summed E-state index contributed by atoms with van der Waals surface area (Å²) in [6.07, 6.45) is 2.62. The van der Waals surface area contributed by atoms with Gasteiger partial charge in [-0.2, -0.15) is 0 Å². The van der Waals surface area contributed by atoms with E-state index < -0.39 is 0 Å². The van der Waals surface area contributed by atoms with Crippen molar-refractivity contribution in [1.29, 1.82) is 0 Å². The highest BCUT2D eigenvalue weighted by Crippen LogP contribution is 2.20. The summed E-state index contributed by atoms with van der Waals surface area (Å²) in [5.41, 5.74) is -0.294. The number of amides is 2. The summed E-state index contributed by atoms with van der Waals surface area (Å²) < 4.78 is 5.28. The third-order valence-corrected chi connectivity index (χ3v) is 3.38. The highest BCUT2D eigenvalue weighted by molar-refractivity contribution is 5.74. The maximum absolute atomic E-state index is 11.7. The van der Waals surface area contributed by atoms with Crippen molar-refractivity contribution in [2.24, 2.45) is 5.41 Å². The lowest BCUT2D eigenvalue weighted by Crippen LogP contribution is -2.50. The van der Waals surface area contributed by atoms with Crippen molar-refractivity contribution in [1.82, 2.24) is 10.6 Å². The van der Waals surface area contributed by atoms with Crippen molar-refractivity contribution < 1.29 is 14.6 Å². The van der Waals surface area contributed by atoms with Crippen LogP contribution in [0.4, 0.5) is 4.79 Å². The summed E-state index contributed by atoms with van der Waals surface area (Å²) in [5.74, 6) is 0. The zero-order valence-electron chi connectivity index (χ0n) is 11.7. The molecule has 1 unspecified atom stereocenters. The number of ether oxygens (including phenoxy) is 1. The first-order valence-corrected chi connectivity index (χ1v) is 6.62. The first kappa shape index (κ1) is 15.2. The third kappa shape index (κ3) is 5.23. The maximum atomic E-state index is 11.7. The molecule has 18 heavy (non-hydrogen) atoms. The minimum absolute atomic E-state index is 0.0660. The summed E-state index contributed by atoms with van der Waals surface area (Å²) in [6, 6.07) is -0.134. The molecule has 5 heteroatoms. The maximum Gasteiger partial charge on any atom is 0.315 e. The number of carbonyl (C=O) groups excluding carboxylic acids is 1. The number of hydrogen-bond donors (Lipinski definition) is 3. The van der Waals surface area contributed by atoms with Crippen LogP contribution in [0.25, 0.3) is 0 Å². The van der Waals surface area contributed by atoms with Crippen LogP contribution in [-0.2, 0) is 4.74 Å². The Morgan fingerprint density at radius 2 is 2.22 bits per heavy atom. The second kappa shape index (κ2) is 6.38. The highest BCUT2D eigenvalue weighted by atomic mass is 16.5. The molecular formula is C13H26N2O3. The van der Waals surface area contributed by atoms with Gasteiger partial charge in [-0.15, -0.1) is 0 Å². The molecule has 5 nitrogen and oxygen atoms in total. The van der Waals surface area contributed by atoms with E-state index in [1.165, 1.54) is 0 Å². The number of rotatable bonds is 6. The number of aliphatic hydroxyl groups excluding tert-OH is 1. The van der Waals surface area contributed by atoms with Crippen molar-refractivity contribution in [3.05, 3.63) is 0 Å². The first-order chi connectivity index (χ1) is 8.37. The van der Waals surface area contributed by atoms with E-state index >= 15 is 0 Å². The summed E-state index contributed by atoms with van der Waals surface area (Å²) in [5, 5.41) is 14.9. The molecule has 1 aliphatic heterocycles. The van der Waals surface area contributed by atoms with Gasteiger partial charge in [-0.3, -0.25) is 0 Å². The van der Waals surface area contributed by atoms with E-state index in [4.69, 9.17) is 9.84 Å². The average molecular weight is 258 g/mol. The second-order valence-electron chi connectivity index (χ2n) is 6.17. The molecule has 0 aromatic heterocycles. The lowest BCUT2D eigenvalue weighted by molar-refractivity contribution is 0.147. The molecule has 1 aliphatic rings. The molecule has 0 saturated carbocycles. The third-order valence-electron chi connectivity index (χ3n) is 3.38. The molecule has 1 heterocycles. The number of carbonyl (C=O) groups is 1. The van der Waals surface area contributed by atoms with Gasteiger partial charge in [-0.1, -0.05) is 13.8 Å². The summed E-state index contributed by atoms with van der Waals surface area (Å²) in [4.78, 5) is 11.7. The van der Waals surface area contributed by atoms with Gasteiger partial charge < -0.3 is 20.5 Å².